The van der Waals surface area contributed by atoms with Crippen molar-refractivity contribution in [2.45, 2.75) is 20.4 Å². The summed E-state index contributed by atoms with van der Waals surface area (Å²) in [6, 6.07) is 10.7. The number of amides is 1. The van der Waals surface area contributed by atoms with Crippen LogP contribution in [-0.2, 0) is 13.6 Å². The first kappa shape index (κ1) is 22.8. The molecule has 3 rings (SSSR count). The van der Waals surface area contributed by atoms with E-state index in [1.54, 1.807) is 37.1 Å². The van der Waals surface area contributed by atoms with Gasteiger partial charge in [0.2, 0.25) is 5.96 Å². The SMILES string of the molecule is COc1cc(NC(=NCc2c(C)nn(C)c2C)NC(=O)c2cccc(F)c2)cc(OC)c1. The van der Waals surface area contributed by atoms with Crippen LogP contribution in [0.15, 0.2) is 47.5 Å². The highest BCUT2D eigenvalue weighted by Gasteiger charge is 2.13. The lowest BCUT2D eigenvalue weighted by Gasteiger charge is -2.14. The summed E-state index contributed by atoms with van der Waals surface area (Å²) in [4.78, 5) is 17.3. The van der Waals surface area contributed by atoms with E-state index in [0.29, 0.717) is 23.7 Å². The van der Waals surface area contributed by atoms with Crippen molar-refractivity contribution >= 4 is 17.6 Å². The van der Waals surface area contributed by atoms with Crippen LogP contribution in [0.25, 0.3) is 0 Å². The smallest absolute Gasteiger partial charge is 0.258 e. The molecule has 0 unspecified atom stereocenters. The van der Waals surface area contributed by atoms with Crippen LogP contribution < -0.4 is 20.1 Å². The predicted octanol–water partition coefficient (Wildman–Crippen LogP) is 3.59. The predicted molar refractivity (Wildman–Crippen MR) is 121 cm³/mol. The summed E-state index contributed by atoms with van der Waals surface area (Å²) >= 11 is 0. The molecule has 1 aromatic heterocycles. The lowest BCUT2D eigenvalue weighted by Crippen LogP contribution is -2.36. The molecule has 32 heavy (non-hydrogen) atoms. The van der Waals surface area contributed by atoms with Crippen molar-refractivity contribution in [1.82, 2.24) is 15.1 Å². The Morgan fingerprint density at radius 3 is 2.38 bits per heavy atom. The number of methoxy groups -OCH3 is 2. The number of halogens is 1. The van der Waals surface area contributed by atoms with Gasteiger partial charge in [-0.1, -0.05) is 6.07 Å². The van der Waals surface area contributed by atoms with Gasteiger partial charge < -0.3 is 14.8 Å². The standard InChI is InChI=1S/C23H26FN5O3/c1-14-21(15(2)29(3)28-14)13-25-23(27-22(30)16-7-6-8-17(24)9-16)26-18-10-19(31-4)12-20(11-18)32-5/h6-12H,13H2,1-5H3,(H2,25,26,27,30). The van der Waals surface area contributed by atoms with Gasteiger partial charge in [-0.25, -0.2) is 9.38 Å². The lowest BCUT2D eigenvalue weighted by atomic mass is 10.2. The average Bonchev–Trinajstić information content (AvgIpc) is 3.02. The molecule has 1 amide bonds. The van der Waals surface area contributed by atoms with Crippen molar-refractivity contribution in [3.05, 3.63) is 70.8 Å². The molecule has 0 aliphatic rings. The molecule has 168 valence electrons. The number of nitrogens with zero attached hydrogens (tertiary/aromatic N) is 3. The summed E-state index contributed by atoms with van der Waals surface area (Å²) in [5.41, 5.74) is 3.56. The van der Waals surface area contributed by atoms with Crippen LogP contribution in [0, 0.1) is 19.7 Å². The van der Waals surface area contributed by atoms with E-state index in [0.717, 1.165) is 23.0 Å². The molecule has 0 aliphatic heterocycles. The fraction of sp³-hybridized carbons (Fsp3) is 0.261. The quantitative estimate of drug-likeness (QED) is 0.453. The van der Waals surface area contributed by atoms with Crippen molar-refractivity contribution in [2.24, 2.45) is 12.0 Å². The third-order valence-electron chi connectivity index (χ3n) is 4.99. The Bertz CT molecular complexity index is 1130. The molecular weight excluding hydrogens is 413 g/mol. The van der Waals surface area contributed by atoms with E-state index in [4.69, 9.17) is 9.47 Å². The van der Waals surface area contributed by atoms with Gasteiger partial charge in [-0.15, -0.1) is 0 Å². The molecular formula is C23H26FN5O3. The first-order valence-electron chi connectivity index (χ1n) is 9.91. The molecule has 2 N–H and O–H groups in total. The maximum absolute atomic E-state index is 13.6. The number of ether oxygens (including phenoxy) is 2. The normalized spacial score (nSPS) is 11.2. The second-order valence-corrected chi connectivity index (χ2v) is 7.13. The second-order valence-electron chi connectivity index (χ2n) is 7.13. The number of carbonyl (C=O) groups is 1. The number of aliphatic imine (C=N–C) groups is 1. The van der Waals surface area contributed by atoms with Gasteiger partial charge in [0.15, 0.2) is 0 Å². The first-order chi connectivity index (χ1) is 15.3. The van der Waals surface area contributed by atoms with E-state index < -0.39 is 11.7 Å². The number of nitrogens with one attached hydrogen (secondary N) is 2. The van der Waals surface area contributed by atoms with E-state index in [1.165, 1.54) is 18.2 Å². The Labute approximate surface area is 186 Å². The zero-order valence-corrected chi connectivity index (χ0v) is 18.7. The number of aryl methyl sites for hydroxylation is 2. The molecule has 9 heteroatoms. The molecule has 0 spiro atoms. The summed E-state index contributed by atoms with van der Waals surface area (Å²) in [7, 11) is 4.96. The molecule has 8 nitrogen and oxygen atoms in total. The van der Waals surface area contributed by atoms with Crippen molar-refractivity contribution in [3.63, 3.8) is 0 Å². The molecule has 0 saturated heterocycles. The van der Waals surface area contributed by atoms with Crippen LogP contribution in [0.5, 0.6) is 11.5 Å². The second kappa shape index (κ2) is 9.95. The maximum atomic E-state index is 13.6. The molecule has 1 heterocycles. The fourth-order valence-corrected chi connectivity index (χ4v) is 3.14. The number of hydrogen-bond donors (Lipinski definition) is 2. The van der Waals surface area contributed by atoms with Crippen molar-refractivity contribution in [2.75, 3.05) is 19.5 Å². The van der Waals surface area contributed by atoms with E-state index in [9.17, 15) is 9.18 Å². The topological polar surface area (TPSA) is 89.8 Å². The summed E-state index contributed by atoms with van der Waals surface area (Å²) in [5, 5.41) is 10.2. The fourth-order valence-electron chi connectivity index (χ4n) is 3.14. The number of benzene rings is 2. The van der Waals surface area contributed by atoms with Gasteiger partial charge in [0.05, 0.1) is 26.5 Å². The number of carbonyl (C=O) groups excluding carboxylic acids is 1. The Morgan fingerprint density at radius 1 is 1.12 bits per heavy atom. The molecule has 0 saturated carbocycles. The van der Waals surface area contributed by atoms with E-state index >= 15 is 0 Å². The molecule has 0 aliphatic carbocycles. The van der Waals surface area contributed by atoms with Crippen LogP contribution in [0.3, 0.4) is 0 Å². The van der Waals surface area contributed by atoms with Gasteiger partial charge in [0.25, 0.3) is 5.91 Å². The third kappa shape index (κ3) is 5.42. The van der Waals surface area contributed by atoms with Crippen molar-refractivity contribution < 1.29 is 18.7 Å². The molecule has 0 fully saturated rings. The van der Waals surface area contributed by atoms with E-state index in [-0.39, 0.29) is 11.5 Å². The zero-order chi connectivity index (χ0) is 23.3. The van der Waals surface area contributed by atoms with Crippen LogP contribution in [0.4, 0.5) is 10.1 Å². The van der Waals surface area contributed by atoms with Gasteiger partial charge in [-0.2, -0.15) is 5.10 Å². The number of aromatic nitrogens is 2. The van der Waals surface area contributed by atoms with E-state index in [1.807, 2.05) is 20.9 Å². The minimum Gasteiger partial charge on any atom is -0.497 e. The maximum Gasteiger partial charge on any atom is 0.258 e. The van der Waals surface area contributed by atoms with Crippen LogP contribution in [-0.4, -0.2) is 35.9 Å². The molecule has 0 radical (unpaired) electrons. The van der Waals surface area contributed by atoms with Gasteiger partial charge in [-0.3, -0.25) is 14.8 Å². The minimum absolute atomic E-state index is 0.177. The highest BCUT2D eigenvalue weighted by molar-refractivity contribution is 6.10. The van der Waals surface area contributed by atoms with Crippen LogP contribution in [0.2, 0.25) is 0 Å². The number of guanidine groups is 1. The molecule has 0 bridgehead atoms. The number of hydrogen-bond acceptors (Lipinski definition) is 5. The monoisotopic (exact) mass is 439 g/mol. The molecule has 3 aromatic rings. The highest BCUT2D eigenvalue weighted by atomic mass is 19.1. The van der Waals surface area contributed by atoms with Gasteiger partial charge >= 0.3 is 0 Å². The first-order valence-corrected chi connectivity index (χ1v) is 9.91. The number of anilines is 1. The summed E-state index contributed by atoms with van der Waals surface area (Å²) < 4.78 is 26.0. The average molecular weight is 439 g/mol. The Hall–Kier alpha value is -3.88. The largest absolute Gasteiger partial charge is 0.497 e. The third-order valence-corrected chi connectivity index (χ3v) is 4.99. The van der Waals surface area contributed by atoms with Crippen molar-refractivity contribution in [3.8, 4) is 11.5 Å². The number of rotatable bonds is 6. The van der Waals surface area contributed by atoms with Gasteiger partial charge in [0, 0.05) is 47.8 Å². The zero-order valence-electron chi connectivity index (χ0n) is 18.7. The Morgan fingerprint density at radius 2 is 1.81 bits per heavy atom. The summed E-state index contributed by atoms with van der Waals surface area (Å²) in [5.74, 6) is 0.342. The molecule has 2 aromatic carbocycles. The Kier molecular flexibility index (Phi) is 7.09. The minimum atomic E-state index is -0.497. The van der Waals surface area contributed by atoms with E-state index in [2.05, 4.69) is 20.7 Å². The van der Waals surface area contributed by atoms with Crippen LogP contribution in [0.1, 0.15) is 27.3 Å². The summed E-state index contributed by atoms with van der Waals surface area (Å²) in [6.07, 6.45) is 0. The van der Waals surface area contributed by atoms with Crippen LogP contribution >= 0.6 is 0 Å². The van der Waals surface area contributed by atoms with Gasteiger partial charge in [-0.05, 0) is 32.0 Å². The lowest BCUT2D eigenvalue weighted by molar-refractivity contribution is 0.0976. The van der Waals surface area contributed by atoms with Crippen molar-refractivity contribution in [1.29, 1.82) is 0 Å². The van der Waals surface area contributed by atoms with Gasteiger partial charge in [0.1, 0.15) is 17.3 Å². The molecule has 0 atom stereocenters. The Balaban J connectivity index is 1.92. The highest BCUT2D eigenvalue weighted by Crippen LogP contribution is 2.25. The summed E-state index contributed by atoms with van der Waals surface area (Å²) in [6.45, 7) is 4.15.